The minimum atomic E-state index is 0.184. The van der Waals surface area contributed by atoms with Crippen LogP contribution in [0.15, 0.2) is 29.5 Å². The summed E-state index contributed by atoms with van der Waals surface area (Å²) in [5.41, 5.74) is 3.91. The van der Waals surface area contributed by atoms with Crippen molar-refractivity contribution < 1.29 is 0 Å². The third-order valence-electron chi connectivity index (χ3n) is 6.52. The van der Waals surface area contributed by atoms with E-state index >= 15 is 0 Å². The van der Waals surface area contributed by atoms with Gasteiger partial charge < -0.3 is 18.9 Å². The first-order valence-electron chi connectivity index (χ1n) is 10.8. The van der Waals surface area contributed by atoms with E-state index in [1.54, 1.807) is 12.5 Å². The van der Waals surface area contributed by atoms with Crippen molar-refractivity contribution in [3.63, 3.8) is 0 Å². The average Bonchev–Trinajstić information content (AvgIpc) is 3.14. The molecule has 0 unspecified atom stereocenters. The third kappa shape index (κ3) is 3.85. The van der Waals surface area contributed by atoms with Gasteiger partial charge in [0.05, 0.1) is 12.5 Å². The molecule has 2 bridgehead atoms. The fraction of sp³-hybridized carbons (Fsp3) is 0.545. The minimum Gasteiger partial charge on any atom is -0.340 e. The molecule has 0 amide bonds. The maximum Gasteiger partial charge on any atom is 0.255 e. The SMILES string of the molecule is CSCCN(C)Cc1ccc2n(c1=O)C[C@H]1C[C@@H]2CN(c2ncc3ncn(C)c3n2)C1. The lowest BCUT2D eigenvalue weighted by atomic mass is 9.83. The van der Waals surface area contributed by atoms with Gasteiger partial charge in [-0.2, -0.15) is 16.7 Å². The second-order valence-electron chi connectivity index (χ2n) is 8.87. The molecule has 1 saturated heterocycles. The molecule has 0 aliphatic carbocycles. The number of hydrogen-bond donors (Lipinski definition) is 0. The van der Waals surface area contributed by atoms with Gasteiger partial charge in [0, 0.05) is 62.7 Å². The summed E-state index contributed by atoms with van der Waals surface area (Å²) in [5.74, 6) is 2.59. The van der Waals surface area contributed by atoms with E-state index in [2.05, 4.69) is 39.1 Å². The third-order valence-corrected chi connectivity index (χ3v) is 7.12. The predicted octanol–water partition coefficient (Wildman–Crippen LogP) is 1.94. The maximum absolute atomic E-state index is 13.2. The number of hydrogen-bond acceptors (Lipinski definition) is 7. The molecule has 2 aliphatic heterocycles. The van der Waals surface area contributed by atoms with Gasteiger partial charge in [-0.1, -0.05) is 6.07 Å². The normalized spacial score (nSPS) is 20.5. The van der Waals surface area contributed by atoms with E-state index in [4.69, 9.17) is 4.98 Å². The second kappa shape index (κ2) is 8.27. The van der Waals surface area contributed by atoms with E-state index in [0.717, 1.165) is 66.7 Å². The van der Waals surface area contributed by atoms with Crippen LogP contribution in [0.3, 0.4) is 0 Å². The zero-order valence-electron chi connectivity index (χ0n) is 18.4. The molecular weight excluding hydrogens is 410 g/mol. The Hall–Kier alpha value is -2.39. The van der Waals surface area contributed by atoms with Crippen LogP contribution in [0.4, 0.5) is 5.95 Å². The van der Waals surface area contributed by atoms with Crippen LogP contribution in [0.25, 0.3) is 11.2 Å². The van der Waals surface area contributed by atoms with Crippen LogP contribution in [0.1, 0.15) is 23.6 Å². The summed E-state index contributed by atoms with van der Waals surface area (Å²) in [6.07, 6.45) is 6.81. The lowest BCUT2D eigenvalue weighted by Gasteiger charge is -2.43. The summed E-state index contributed by atoms with van der Waals surface area (Å²) in [6, 6.07) is 4.22. The lowest BCUT2D eigenvalue weighted by Crippen LogP contribution is -2.48. The van der Waals surface area contributed by atoms with Crippen LogP contribution >= 0.6 is 11.8 Å². The van der Waals surface area contributed by atoms with Crippen molar-refractivity contribution in [2.45, 2.75) is 25.4 Å². The predicted molar refractivity (Wildman–Crippen MR) is 125 cm³/mol. The highest BCUT2D eigenvalue weighted by atomic mass is 32.2. The Bertz CT molecular complexity index is 1160. The maximum atomic E-state index is 13.2. The molecule has 0 spiro atoms. The number of anilines is 1. The molecule has 0 aromatic carbocycles. The number of thioether (sulfide) groups is 1. The van der Waals surface area contributed by atoms with Crippen molar-refractivity contribution in [1.29, 1.82) is 0 Å². The van der Waals surface area contributed by atoms with Gasteiger partial charge in [0.25, 0.3) is 5.56 Å². The molecule has 0 N–H and O–H groups in total. The van der Waals surface area contributed by atoms with Crippen LogP contribution < -0.4 is 10.5 Å². The molecule has 164 valence electrons. The Morgan fingerprint density at radius 1 is 1.23 bits per heavy atom. The van der Waals surface area contributed by atoms with Crippen LogP contribution in [0.2, 0.25) is 0 Å². The van der Waals surface area contributed by atoms with E-state index in [-0.39, 0.29) is 5.56 Å². The van der Waals surface area contributed by atoms with Crippen LogP contribution in [-0.2, 0) is 20.1 Å². The Morgan fingerprint density at radius 2 is 2.10 bits per heavy atom. The van der Waals surface area contributed by atoms with E-state index in [1.807, 2.05) is 34.0 Å². The molecule has 5 heterocycles. The van der Waals surface area contributed by atoms with Crippen LogP contribution in [0, 0.1) is 5.92 Å². The van der Waals surface area contributed by atoms with Gasteiger partial charge in [-0.15, -0.1) is 0 Å². The molecule has 9 heteroatoms. The van der Waals surface area contributed by atoms with Gasteiger partial charge in [-0.25, -0.2) is 9.97 Å². The second-order valence-corrected chi connectivity index (χ2v) is 9.85. The number of fused-ring (bicyclic) bond motifs is 5. The zero-order chi connectivity index (χ0) is 21.5. The average molecular weight is 440 g/mol. The fourth-order valence-corrected chi connectivity index (χ4v) is 5.45. The highest BCUT2D eigenvalue weighted by molar-refractivity contribution is 7.98. The summed E-state index contributed by atoms with van der Waals surface area (Å²) < 4.78 is 3.97. The number of piperidine rings is 1. The number of nitrogens with zero attached hydrogens (tertiary/aromatic N) is 7. The van der Waals surface area contributed by atoms with Crippen molar-refractivity contribution in [2.75, 3.05) is 43.6 Å². The van der Waals surface area contributed by atoms with Gasteiger partial charge in [0.2, 0.25) is 5.95 Å². The molecule has 2 aliphatic rings. The summed E-state index contributed by atoms with van der Waals surface area (Å²) in [6.45, 7) is 4.19. The van der Waals surface area contributed by atoms with Crippen molar-refractivity contribution in [1.82, 2.24) is 29.0 Å². The van der Waals surface area contributed by atoms with E-state index in [1.165, 1.54) is 0 Å². The van der Waals surface area contributed by atoms with E-state index in [9.17, 15) is 4.79 Å². The van der Waals surface area contributed by atoms with Gasteiger partial charge in [-0.05, 0) is 31.7 Å². The van der Waals surface area contributed by atoms with Crippen LogP contribution in [-0.4, -0.2) is 67.7 Å². The molecular formula is C22H29N7OS. The molecule has 8 nitrogen and oxygen atoms in total. The van der Waals surface area contributed by atoms with Gasteiger partial charge >= 0.3 is 0 Å². The lowest BCUT2D eigenvalue weighted by molar-refractivity contribution is 0.277. The molecule has 2 atom stereocenters. The molecule has 0 saturated carbocycles. The van der Waals surface area contributed by atoms with Crippen molar-refractivity contribution in [3.05, 3.63) is 46.3 Å². The Labute approximate surface area is 186 Å². The summed E-state index contributed by atoms with van der Waals surface area (Å²) in [5, 5.41) is 0. The zero-order valence-corrected chi connectivity index (χ0v) is 19.2. The topological polar surface area (TPSA) is 72.1 Å². The van der Waals surface area contributed by atoms with Gasteiger partial charge in [0.1, 0.15) is 5.52 Å². The summed E-state index contributed by atoms with van der Waals surface area (Å²) >= 11 is 1.83. The Morgan fingerprint density at radius 3 is 2.94 bits per heavy atom. The van der Waals surface area contributed by atoms with Gasteiger partial charge in [0.15, 0.2) is 5.65 Å². The fourth-order valence-electron chi connectivity index (χ4n) is 4.96. The van der Waals surface area contributed by atoms with Crippen molar-refractivity contribution in [3.8, 4) is 0 Å². The Kier molecular flexibility index (Phi) is 5.47. The number of rotatable bonds is 6. The monoisotopic (exact) mass is 439 g/mol. The Balaban J connectivity index is 1.39. The highest BCUT2D eigenvalue weighted by Crippen LogP contribution is 2.36. The molecule has 3 aromatic heterocycles. The van der Waals surface area contributed by atoms with Crippen molar-refractivity contribution >= 4 is 28.9 Å². The number of aromatic nitrogens is 5. The quantitative estimate of drug-likeness (QED) is 0.581. The molecule has 0 radical (unpaired) electrons. The first kappa shape index (κ1) is 20.5. The summed E-state index contributed by atoms with van der Waals surface area (Å²) in [4.78, 5) is 31.4. The molecule has 31 heavy (non-hydrogen) atoms. The number of imidazole rings is 1. The molecule has 3 aromatic rings. The summed E-state index contributed by atoms with van der Waals surface area (Å²) in [7, 11) is 4.04. The van der Waals surface area contributed by atoms with E-state index < -0.39 is 0 Å². The van der Waals surface area contributed by atoms with Crippen molar-refractivity contribution in [2.24, 2.45) is 13.0 Å². The highest BCUT2D eigenvalue weighted by Gasteiger charge is 2.36. The number of aryl methyl sites for hydroxylation is 1. The minimum absolute atomic E-state index is 0.184. The van der Waals surface area contributed by atoms with Gasteiger partial charge in [-0.3, -0.25) is 4.79 Å². The largest absolute Gasteiger partial charge is 0.340 e. The molecule has 5 rings (SSSR count). The first-order chi connectivity index (χ1) is 15.0. The first-order valence-corrected chi connectivity index (χ1v) is 12.2. The molecule has 1 fully saturated rings. The van der Waals surface area contributed by atoms with Crippen LogP contribution in [0.5, 0.6) is 0 Å². The standard InChI is InChI=1S/C22H29N7OS/c1-26(6-7-31-3)12-16-4-5-19-17-8-15(11-29(19)21(16)30)10-28(13-17)22-23-9-18-20(25-22)27(2)14-24-18/h4-5,9,14-15,17H,6-8,10-13H2,1-3H3/t15-,17+/m0/s1. The smallest absolute Gasteiger partial charge is 0.255 e. The van der Waals surface area contributed by atoms with E-state index in [0.29, 0.717) is 18.4 Å². The number of pyridine rings is 1.